The van der Waals surface area contributed by atoms with Crippen molar-refractivity contribution >= 4 is 39.8 Å². The summed E-state index contributed by atoms with van der Waals surface area (Å²) < 4.78 is 1.90. The molecule has 0 aliphatic rings. The maximum atomic E-state index is 6.19. The summed E-state index contributed by atoms with van der Waals surface area (Å²) in [7, 11) is 0. The second-order valence-electron chi connectivity index (χ2n) is 5.27. The summed E-state index contributed by atoms with van der Waals surface area (Å²) in [5.41, 5.74) is 3.54. The zero-order chi connectivity index (χ0) is 17.1. The van der Waals surface area contributed by atoms with E-state index in [4.69, 9.17) is 11.6 Å². The van der Waals surface area contributed by atoms with Gasteiger partial charge in [-0.05, 0) is 0 Å². The summed E-state index contributed by atoms with van der Waals surface area (Å²) in [5, 5.41) is 11.1. The molecule has 6 heteroatoms. The second-order valence-corrected chi connectivity index (χ2v) is 6.50. The molecular weight excluding hydrogens is 352 g/mol. The predicted octanol–water partition coefficient (Wildman–Crippen LogP) is 4.92. The van der Waals surface area contributed by atoms with E-state index in [9.17, 15) is 0 Å². The number of hydrogen-bond donors (Lipinski definition) is 0. The SMILES string of the molecule is Clc1nc2sccn2c1C=NN=C(c1ccccc1)c1ccccc1. The number of rotatable bonds is 4. The Labute approximate surface area is 153 Å². The van der Waals surface area contributed by atoms with Crippen molar-refractivity contribution in [3.05, 3.63) is 94.2 Å². The number of imidazole rings is 1. The van der Waals surface area contributed by atoms with Gasteiger partial charge in [-0.15, -0.1) is 16.4 Å². The molecule has 0 atom stereocenters. The van der Waals surface area contributed by atoms with Gasteiger partial charge in [0, 0.05) is 22.7 Å². The van der Waals surface area contributed by atoms with Crippen LogP contribution in [-0.4, -0.2) is 21.3 Å². The summed E-state index contributed by atoms with van der Waals surface area (Å²) >= 11 is 7.72. The lowest BCUT2D eigenvalue weighted by molar-refractivity contribution is 1.19. The maximum absolute atomic E-state index is 6.19. The third-order valence-electron chi connectivity index (χ3n) is 3.69. The molecule has 0 radical (unpaired) electrons. The van der Waals surface area contributed by atoms with Crippen molar-refractivity contribution in [3.63, 3.8) is 0 Å². The minimum atomic E-state index is 0.423. The Morgan fingerprint density at radius 3 is 2.28 bits per heavy atom. The van der Waals surface area contributed by atoms with E-state index < -0.39 is 0 Å². The number of aromatic nitrogens is 2. The van der Waals surface area contributed by atoms with Crippen LogP contribution >= 0.6 is 22.9 Å². The zero-order valence-corrected chi connectivity index (χ0v) is 14.7. The quantitative estimate of drug-likeness (QED) is 0.374. The first-order chi connectivity index (χ1) is 12.3. The van der Waals surface area contributed by atoms with Gasteiger partial charge in [0.05, 0.1) is 6.21 Å². The summed E-state index contributed by atoms with van der Waals surface area (Å²) in [4.78, 5) is 5.13. The van der Waals surface area contributed by atoms with Crippen LogP contribution in [0.2, 0.25) is 5.15 Å². The molecule has 4 rings (SSSR count). The smallest absolute Gasteiger partial charge is 0.195 e. The van der Waals surface area contributed by atoms with Crippen molar-refractivity contribution in [1.82, 2.24) is 9.38 Å². The second kappa shape index (κ2) is 7.01. The van der Waals surface area contributed by atoms with Gasteiger partial charge in [-0.25, -0.2) is 4.98 Å². The Morgan fingerprint density at radius 2 is 1.64 bits per heavy atom. The van der Waals surface area contributed by atoms with E-state index in [0.717, 1.165) is 27.5 Å². The summed E-state index contributed by atoms with van der Waals surface area (Å²) in [6.07, 6.45) is 3.56. The summed E-state index contributed by atoms with van der Waals surface area (Å²) in [5.74, 6) is 0. The average Bonchev–Trinajstić information content (AvgIpc) is 3.22. The molecule has 2 heterocycles. The molecule has 0 saturated heterocycles. The summed E-state index contributed by atoms with van der Waals surface area (Å²) in [6.45, 7) is 0. The van der Waals surface area contributed by atoms with Crippen LogP contribution in [0.4, 0.5) is 0 Å². The molecule has 0 spiro atoms. The molecule has 0 aliphatic heterocycles. The Bertz CT molecular complexity index is 1010. The third-order valence-corrected chi connectivity index (χ3v) is 4.72. The van der Waals surface area contributed by atoms with Crippen LogP contribution in [0.15, 0.2) is 82.4 Å². The lowest BCUT2D eigenvalue weighted by atomic mass is 10.0. The zero-order valence-electron chi connectivity index (χ0n) is 13.1. The van der Waals surface area contributed by atoms with Crippen molar-refractivity contribution in [1.29, 1.82) is 0 Å². The van der Waals surface area contributed by atoms with Crippen molar-refractivity contribution in [3.8, 4) is 0 Å². The molecule has 0 unspecified atom stereocenters. The van der Waals surface area contributed by atoms with E-state index in [1.807, 2.05) is 76.6 Å². The van der Waals surface area contributed by atoms with Crippen LogP contribution in [-0.2, 0) is 0 Å². The third kappa shape index (κ3) is 3.24. The number of thiazole rings is 1. The van der Waals surface area contributed by atoms with Crippen molar-refractivity contribution in [2.45, 2.75) is 0 Å². The van der Waals surface area contributed by atoms with E-state index in [2.05, 4.69) is 15.2 Å². The molecule has 0 aliphatic carbocycles. The monoisotopic (exact) mass is 364 g/mol. The van der Waals surface area contributed by atoms with Crippen LogP contribution in [0.25, 0.3) is 4.96 Å². The highest BCUT2D eigenvalue weighted by Crippen LogP contribution is 2.20. The highest BCUT2D eigenvalue weighted by Gasteiger charge is 2.09. The van der Waals surface area contributed by atoms with Gasteiger partial charge in [0.25, 0.3) is 0 Å². The number of fused-ring (bicyclic) bond motifs is 1. The summed E-state index contributed by atoms with van der Waals surface area (Å²) in [6, 6.07) is 20.0. The van der Waals surface area contributed by atoms with Gasteiger partial charge >= 0.3 is 0 Å². The van der Waals surface area contributed by atoms with Crippen molar-refractivity contribution in [2.24, 2.45) is 10.2 Å². The Balaban J connectivity index is 1.75. The van der Waals surface area contributed by atoms with Gasteiger partial charge in [0.2, 0.25) is 0 Å². The molecule has 0 amide bonds. The van der Waals surface area contributed by atoms with Crippen LogP contribution < -0.4 is 0 Å². The number of halogens is 1. The van der Waals surface area contributed by atoms with Gasteiger partial charge in [-0.3, -0.25) is 4.40 Å². The highest BCUT2D eigenvalue weighted by atomic mass is 35.5. The highest BCUT2D eigenvalue weighted by molar-refractivity contribution is 7.15. The standard InChI is InChI=1S/C19H13ClN4S/c20-18-16(24-11-12-25-19(24)22-18)13-21-23-17(14-7-3-1-4-8-14)15-9-5-2-6-10-15/h1-13H. The molecule has 122 valence electrons. The first kappa shape index (κ1) is 15.7. The maximum Gasteiger partial charge on any atom is 0.195 e. The molecule has 0 fully saturated rings. The fourth-order valence-corrected chi connectivity index (χ4v) is 3.50. The van der Waals surface area contributed by atoms with Gasteiger partial charge in [0.15, 0.2) is 10.1 Å². The first-order valence-corrected chi connectivity index (χ1v) is 8.91. The molecule has 4 aromatic rings. The Hall–Kier alpha value is -2.76. The molecule has 25 heavy (non-hydrogen) atoms. The van der Waals surface area contributed by atoms with Crippen LogP contribution in [0.5, 0.6) is 0 Å². The van der Waals surface area contributed by atoms with E-state index in [1.165, 1.54) is 11.3 Å². The van der Waals surface area contributed by atoms with Crippen LogP contribution in [0.3, 0.4) is 0 Å². The molecule has 2 aromatic heterocycles. The Kier molecular flexibility index (Phi) is 4.41. The van der Waals surface area contributed by atoms with E-state index in [1.54, 1.807) is 6.21 Å². The molecule has 0 bridgehead atoms. The molecule has 0 saturated carbocycles. The largest absolute Gasteiger partial charge is 0.288 e. The topological polar surface area (TPSA) is 42.0 Å². The fourth-order valence-electron chi connectivity index (χ4n) is 2.51. The average molecular weight is 365 g/mol. The lowest BCUT2D eigenvalue weighted by Gasteiger charge is -2.04. The number of hydrogen-bond acceptors (Lipinski definition) is 4. The minimum absolute atomic E-state index is 0.423. The van der Waals surface area contributed by atoms with Gasteiger partial charge in [-0.2, -0.15) is 5.10 Å². The van der Waals surface area contributed by atoms with E-state index in [0.29, 0.717) is 5.15 Å². The molecular formula is C19H13ClN4S. The van der Waals surface area contributed by atoms with E-state index >= 15 is 0 Å². The molecule has 0 N–H and O–H groups in total. The van der Waals surface area contributed by atoms with Crippen molar-refractivity contribution in [2.75, 3.05) is 0 Å². The normalized spacial score (nSPS) is 11.2. The van der Waals surface area contributed by atoms with Gasteiger partial charge in [-0.1, -0.05) is 72.3 Å². The van der Waals surface area contributed by atoms with Crippen LogP contribution in [0.1, 0.15) is 16.8 Å². The van der Waals surface area contributed by atoms with Gasteiger partial charge in [0.1, 0.15) is 11.4 Å². The van der Waals surface area contributed by atoms with Gasteiger partial charge < -0.3 is 0 Å². The minimum Gasteiger partial charge on any atom is -0.288 e. The first-order valence-electron chi connectivity index (χ1n) is 7.66. The molecule has 4 nitrogen and oxygen atoms in total. The van der Waals surface area contributed by atoms with Crippen LogP contribution in [0, 0.1) is 0 Å². The van der Waals surface area contributed by atoms with Crippen molar-refractivity contribution < 1.29 is 0 Å². The fraction of sp³-hybridized carbons (Fsp3) is 0. The predicted molar refractivity (Wildman–Crippen MR) is 104 cm³/mol. The lowest BCUT2D eigenvalue weighted by Crippen LogP contribution is -2.02. The van der Waals surface area contributed by atoms with E-state index in [-0.39, 0.29) is 0 Å². The Morgan fingerprint density at radius 1 is 1.00 bits per heavy atom. The molecule has 2 aromatic carbocycles. The number of benzene rings is 2. The number of nitrogens with zero attached hydrogens (tertiary/aromatic N) is 4.